The maximum atomic E-state index is 10.9. The van der Waals surface area contributed by atoms with Crippen LogP contribution in [0.2, 0.25) is 0 Å². The molecule has 2 unspecified atom stereocenters. The van der Waals surface area contributed by atoms with Crippen molar-refractivity contribution in [3.63, 3.8) is 0 Å². The molecule has 0 spiro atoms. The summed E-state index contributed by atoms with van der Waals surface area (Å²) in [5.41, 5.74) is 0. The van der Waals surface area contributed by atoms with Crippen molar-refractivity contribution in [2.45, 2.75) is 38.3 Å². The number of nitrogens with one attached hydrogen (secondary N) is 2. The molecule has 0 aromatic rings. The molecule has 5 heteroatoms. The van der Waals surface area contributed by atoms with Gasteiger partial charge in [-0.3, -0.25) is 9.59 Å². The van der Waals surface area contributed by atoms with E-state index in [1.807, 2.05) is 6.92 Å². The summed E-state index contributed by atoms with van der Waals surface area (Å²) in [4.78, 5) is 21.8. The highest BCUT2D eigenvalue weighted by molar-refractivity contribution is 5.78. The lowest BCUT2D eigenvalue weighted by Crippen LogP contribution is -2.40. The second-order valence-electron chi connectivity index (χ2n) is 3.89. The van der Waals surface area contributed by atoms with Crippen LogP contribution >= 0.6 is 0 Å². The monoisotopic (exact) mass is 214 g/mol. The van der Waals surface area contributed by atoms with E-state index in [0.29, 0.717) is 19.4 Å². The van der Waals surface area contributed by atoms with Crippen molar-refractivity contribution in [3.05, 3.63) is 0 Å². The molecular formula is C10H18N2O3. The van der Waals surface area contributed by atoms with E-state index < -0.39 is 0 Å². The second-order valence-corrected chi connectivity index (χ2v) is 3.89. The van der Waals surface area contributed by atoms with Gasteiger partial charge < -0.3 is 15.4 Å². The maximum Gasteiger partial charge on any atom is 0.307 e. The molecular weight excluding hydrogens is 196 g/mol. The molecule has 1 aliphatic rings. The quantitative estimate of drug-likeness (QED) is 0.622. The van der Waals surface area contributed by atoms with Crippen molar-refractivity contribution in [3.8, 4) is 0 Å². The van der Waals surface area contributed by atoms with Crippen LogP contribution in [0.25, 0.3) is 0 Å². The van der Waals surface area contributed by atoms with Gasteiger partial charge in [-0.05, 0) is 13.3 Å². The zero-order valence-electron chi connectivity index (χ0n) is 9.21. The summed E-state index contributed by atoms with van der Waals surface area (Å²) in [6.45, 7) is 2.64. The van der Waals surface area contributed by atoms with E-state index in [2.05, 4.69) is 15.4 Å². The van der Waals surface area contributed by atoms with Gasteiger partial charge in [0.1, 0.15) is 0 Å². The summed E-state index contributed by atoms with van der Waals surface area (Å²) >= 11 is 0. The van der Waals surface area contributed by atoms with Gasteiger partial charge in [0, 0.05) is 25.0 Å². The van der Waals surface area contributed by atoms with Crippen LogP contribution in [0.1, 0.15) is 26.2 Å². The van der Waals surface area contributed by atoms with Crippen LogP contribution < -0.4 is 10.6 Å². The molecule has 0 aromatic heterocycles. The van der Waals surface area contributed by atoms with Gasteiger partial charge >= 0.3 is 5.97 Å². The van der Waals surface area contributed by atoms with E-state index in [1.54, 1.807) is 0 Å². The van der Waals surface area contributed by atoms with Gasteiger partial charge in [0.05, 0.1) is 13.5 Å². The third-order valence-electron chi connectivity index (χ3n) is 2.50. The predicted molar refractivity (Wildman–Crippen MR) is 55.3 cm³/mol. The van der Waals surface area contributed by atoms with E-state index in [1.165, 1.54) is 7.11 Å². The first-order valence-electron chi connectivity index (χ1n) is 5.21. The number of hydrogen-bond donors (Lipinski definition) is 2. The molecule has 1 rings (SSSR count). The Bertz CT molecular complexity index is 243. The van der Waals surface area contributed by atoms with Crippen LogP contribution in [0.5, 0.6) is 0 Å². The van der Waals surface area contributed by atoms with E-state index in [0.717, 1.165) is 6.42 Å². The van der Waals surface area contributed by atoms with E-state index in [4.69, 9.17) is 0 Å². The Balaban J connectivity index is 2.13. The molecule has 1 fully saturated rings. The lowest BCUT2D eigenvalue weighted by Gasteiger charge is -2.16. The van der Waals surface area contributed by atoms with Gasteiger partial charge in [-0.2, -0.15) is 0 Å². The maximum absolute atomic E-state index is 10.9. The summed E-state index contributed by atoms with van der Waals surface area (Å²) < 4.78 is 4.56. The first-order chi connectivity index (χ1) is 7.11. The summed E-state index contributed by atoms with van der Waals surface area (Å²) in [6.07, 6.45) is 1.84. The fourth-order valence-corrected chi connectivity index (χ4v) is 1.58. The molecule has 1 saturated heterocycles. The number of ether oxygens (including phenoxy) is 1. The van der Waals surface area contributed by atoms with Gasteiger partial charge in [-0.1, -0.05) is 0 Å². The third-order valence-corrected chi connectivity index (χ3v) is 2.50. The minimum Gasteiger partial charge on any atom is -0.469 e. The van der Waals surface area contributed by atoms with Crippen LogP contribution in [0.15, 0.2) is 0 Å². The lowest BCUT2D eigenvalue weighted by atomic mass is 10.2. The Morgan fingerprint density at radius 3 is 3.00 bits per heavy atom. The summed E-state index contributed by atoms with van der Waals surface area (Å²) in [5, 5.41) is 6.05. The van der Waals surface area contributed by atoms with Crippen molar-refractivity contribution in [1.82, 2.24) is 10.6 Å². The van der Waals surface area contributed by atoms with E-state index in [-0.39, 0.29) is 24.0 Å². The number of amides is 1. The van der Waals surface area contributed by atoms with Gasteiger partial charge in [-0.25, -0.2) is 0 Å². The Kier molecular flexibility index (Phi) is 4.55. The highest BCUT2D eigenvalue weighted by Crippen LogP contribution is 2.05. The number of esters is 1. The van der Waals surface area contributed by atoms with Gasteiger partial charge in [0.2, 0.25) is 5.91 Å². The number of carbonyl (C=O) groups is 2. The molecule has 0 radical (unpaired) electrons. The molecule has 2 N–H and O–H groups in total. The van der Waals surface area contributed by atoms with Crippen molar-refractivity contribution in [2.75, 3.05) is 13.7 Å². The molecule has 86 valence electrons. The molecule has 0 aromatic carbocycles. The first-order valence-corrected chi connectivity index (χ1v) is 5.21. The average Bonchev–Trinajstić information content (AvgIpc) is 2.61. The Morgan fingerprint density at radius 2 is 2.47 bits per heavy atom. The topological polar surface area (TPSA) is 67.4 Å². The van der Waals surface area contributed by atoms with Crippen molar-refractivity contribution in [1.29, 1.82) is 0 Å². The normalized spacial score (nSPS) is 22.3. The second kappa shape index (κ2) is 5.70. The van der Waals surface area contributed by atoms with Crippen molar-refractivity contribution >= 4 is 11.9 Å². The van der Waals surface area contributed by atoms with Crippen LogP contribution in [-0.4, -0.2) is 37.6 Å². The van der Waals surface area contributed by atoms with Crippen LogP contribution in [0, 0.1) is 0 Å². The number of methoxy groups -OCH3 is 1. The Hall–Kier alpha value is -1.10. The van der Waals surface area contributed by atoms with Gasteiger partial charge in [0.25, 0.3) is 0 Å². The summed E-state index contributed by atoms with van der Waals surface area (Å²) in [7, 11) is 1.38. The lowest BCUT2D eigenvalue weighted by molar-refractivity contribution is -0.141. The molecule has 1 aliphatic heterocycles. The van der Waals surface area contributed by atoms with Gasteiger partial charge in [0.15, 0.2) is 0 Å². The highest BCUT2D eigenvalue weighted by atomic mass is 16.5. The van der Waals surface area contributed by atoms with E-state index >= 15 is 0 Å². The molecule has 0 saturated carbocycles. The summed E-state index contributed by atoms with van der Waals surface area (Å²) in [6, 6.07) is 0.285. The number of carbonyl (C=O) groups excluding carboxylic acids is 2. The first kappa shape index (κ1) is 12.0. The molecule has 2 atom stereocenters. The number of hydrogen-bond acceptors (Lipinski definition) is 4. The molecule has 1 heterocycles. The molecule has 1 amide bonds. The molecule has 5 nitrogen and oxygen atoms in total. The van der Waals surface area contributed by atoms with Crippen molar-refractivity contribution < 1.29 is 14.3 Å². The van der Waals surface area contributed by atoms with Crippen molar-refractivity contribution in [2.24, 2.45) is 0 Å². The predicted octanol–water partition coefficient (Wildman–Crippen LogP) is -0.194. The minimum absolute atomic E-state index is 0.0787. The van der Waals surface area contributed by atoms with E-state index in [9.17, 15) is 9.59 Å². The Morgan fingerprint density at radius 1 is 1.73 bits per heavy atom. The number of rotatable bonds is 5. The fraction of sp³-hybridized carbons (Fsp3) is 0.800. The molecule has 0 bridgehead atoms. The third kappa shape index (κ3) is 4.29. The van der Waals surface area contributed by atoms with Crippen LogP contribution in [-0.2, 0) is 14.3 Å². The largest absolute Gasteiger partial charge is 0.469 e. The van der Waals surface area contributed by atoms with Gasteiger partial charge in [-0.15, -0.1) is 0 Å². The smallest absolute Gasteiger partial charge is 0.307 e. The summed E-state index contributed by atoms with van der Waals surface area (Å²) in [5.74, 6) is -0.104. The Labute approximate surface area is 89.6 Å². The minimum atomic E-state index is -0.217. The zero-order chi connectivity index (χ0) is 11.3. The molecule has 15 heavy (non-hydrogen) atoms. The highest BCUT2D eigenvalue weighted by Gasteiger charge is 2.21. The van der Waals surface area contributed by atoms with Crippen LogP contribution in [0.3, 0.4) is 0 Å². The average molecular weight is 214 g/mol. The fourth-order valence-electron chi connectivity index (χ4n) is 1.58. The SMILES string of the molecule is COC(=O)CC(C)NCC1CCC(=O)N1. The van der Waals surface area contributed by atoms with Crippen LogP contribution in [0.4, 0.5) is 0 Å². The molecule has 0 aliphatic carbocycles. The zero-order valence-corrected chi connectivity index (χ0v) is 9.21. The standard InChI is InChI=1S/C10H18N2O3/c1-7(5-10(14)15-2)11-6-8-3-4-9(13)12-8/h7-8,11H,3-6H2,1-2H3,(H,12,13).